The summed E-state index contributed by atoms with van der Waals surface area (Å²) >= 11 is 16.2. The van der Waals surface area contributed by atoms with Crippen molar-refractivity contribution in [2.24, 2.45) is 0 Å². The summed E-state index contributed by atoms with van der Waals surface area (Å²) in [5.41, 5.74) is -2.67. The van der Waals surface area contributed by atoms with Crippen LogP contribution >= 0.6 is 34.8 Å². The number of carbonyl (C=O) groups is 1. The molecule has 14 heteroatoms. The van der Waals surface area contributed by atoms with Gasteiger partial charge in [0.25, 0.3) is 0 Å². The average Bonchev–Trinajstić information content (AvgIpc) is 2.60. The molecule has 0 radical (unpaired) electrons. The Kier molecular flexibility index (Phi) is 8.01. The van der Waals surface area contributed by atoms with Gasteiger partial charge in [0.1, 0.15) is 23.5 Å². The molecule has 0 spiro atoms. The summed E-state index contributed by atoms with van der Waals surface area (Å²) in [6.07, 6.45) is -6.80. The van der Waals surface area contributed by atoms with Crippen LogP contribution < -0.4 is 4.72 Å². The first-order valence-electron chi connectivity index (χ1n) is 8.00. The van der Waals surface area contributed by atoms with Crippen molar-refractivity contribution in [2.75, 3.05) is 10.5 Å². The highest BCUT2D eigenvalue weighted by Gasteiger charge is 2.35. The van der Waals surface area contributed by atoms with Gasteiger partial charge in [-0.25, -0.2) is 22.0 Å². The molecule has 1 atom stereocenters. The van der Waals surface area contributed by atoms with E-state index in [9.17, 15) is 35.2 Å². The van der Waals surface area contributed by atoms with E-state index in [1.165, 1.54) is 0 Å². The van der Waals surface area contributed by atoms with E-state index >= 15 is 0 Å². The zero-order valence-electron chi connectivity index (χ0n) is 14.9. The molecule has 0 heterocycles. The van der Waals surface area contributed by atoms with Crippen LogP contribution in [0.2, 0.25) is 5.02 Å². The molecule has 0 bridgehead atoms. The van der Waals surface area contributed by atoms with Crippen molar-refractivity contribution in [1.82, 2.24) is 0 Å². The average molecular weight is 527 g/mol. The fourth-order valence-corrected chi connectivity index (χ4v) is 3.93. The van der Waals surface area contributed by atoms with Gasteiger partial charge in [-0.2, -0.15) is 13.2 Å². The maximum atomic E-state index is 13.6. The monoisotopic (exact) mass is 525 g/mol. The summed E-state index contributed by atoms with van der Waals surface area (Å²) in [5.74, 6) is -4.78. The van der Waals surface area contributed by atoms with Crippen LogP contribution in [0.1, 0.15) is 17.2 Å². The van der Waals surface area contributed by atoms with Crippen LogP contribution in [0.25, 0.3) is 0 Å². The minimum atomic E-state index is -4.95. The van der Waals surface area contributed by atoms with Crippen LogP contribution in [0.15, 0.2) is 36.4 Å². The second kappa shape index (κ2) is 9.76. The standard InChI is InChI=1S/C17H11Cl3F5NO4S/c18-9-1-2-13(12(5-9)17(23,24)25)26-31(28,29)7-14(30-16(27)15(19)20)8-3-10(21)6-11(22)4-8/h1-6,14-15,26H,7H2. The number of esters is 1. The highest BCUT2D eigenvalue weighted by molar-refractivity contribution is 7.92. The number of hydrogen-bond donors (Lipinski definition) is 1. The Balaban J connectivity index is 2.41. The molecule has 0 fully saturated rings. The summed E-state index contributed by atoms with van der Waals surface area (Å²) in [6.45, 7) is 0. The molecule has 0 aromatic heterocycles. The predicted octanol–water partition coefficient (Wildman–Crippen LogP) is 5.47. The summed E-state index contributed by atoms with van der Waals surface area (Å²) < 4.78 is 98.2. The molecule has 0 saturated carbocycles. The van der Waals surface area contributed by atoms with E-state index in [1.54, 1.807) is 4.72 Å². The number of rotatable bonds is 7. The van der Waals surface area contributed by atoms with E-state index in [2.05, 4.69) is 0 Å². The van der Waals surface area contributed by atoms with Crippen molar-refractivity contribution in [2.45, 2.75) is 17.1 Å². The molecular formula is C17H11Cl3F5NO4S. The normalized spacial score (nSPS) is 13.2. The molecule has 170 valence electrons. The molecule has 0 aliphatic rings. The molecule has 0 saturated heterocycles. The number of ether oxygens (including phenoxy) is 1. The highest BCUT2D eigenvalue weighted by atomic mass is 35.5. The number of halogens is 8. The molecule has 5 nitrogen and oxygen atoms in total. The Labute approximate surface area is 188 Å². The fraction of sp³-hybridized carbons (Fsp3) is 0.235. The van der Waals surface area contributed by atoms with E-state index < -0.39 is 67.3 Å². The smallest absolute Gasteiger partial charge is 0.418 e. The van der Waals surface area contributed by atoms with Gasteiger partial charge in [-0.3, -0.25) is 4.72 Å². The molecule has 0 aliphatic carbocycles. The van der Waals surface area contributed by atoms with Gasteiger partial charge in [-0.05, 0) is 35.9 Å². The van der Waals surface area contributed by atoms with Crippen LogP contribution in [-0.2, 0) is 25.7 Å². The van der Waals surface area contributed by atoms with Gasteiger partial charge >= 0.3 is 12.1 Å². The number of nitrogens with one attached hydrogen (secondary N) is 1. The van der Waals surface area contributed by atoms with Crippen LogP contribution in [0.3, 0.4) is 0 Å². The molecule has 2 rings (SSSR count). The highest BCUT2D eigenvalue weighted by Crippen LogP contribution is 2.37. The van der Waals surface area contributed by atoms with Gasteiger partial charge < -0.3 is 4.74 Å². The van der Waals surface area contributed by atoms with E-state index in [-0.39, 0.29) is 5.02 Å². The lowest BCUT2D eigenvalue weighted by Crippen LogP contribution is -2.27. The molecule has 31 heavy (non-hydrogen) atoms. The van der Waals surface area contributed by atoms with Crippen LogP contribution in [0, 0.1) is 11.6 Å². The molecular weight excluding hydrogens is 516 g/mol. The van der Waals surface area contributed by atoms with Gasteiger partial charge in [0.05, 0.1) is 11.3 Å². The van der Waals surface area contributed by atoms with E-state index in [1.807, 2.05) is 0 Å². The largest absolute Gasteiger partial charge is 0.454 e. The number of hydrogen-bond acceptors (Lipinski definition) is 4. The maximum absolute atomic E-state index is 13.6. The third-order valence-electron chi connectivity index (χ3n) is 3.62. The second-order valence-electron chi connectivity index (χ2n) is 6.00. The van der Waals surface area contributed by atoms with Crippen molar-refractivity contribution in [1.29, 1.82) is 0 Å². The van der Waals surface area contributed by atoms with Crippen LogP contribution in [-0.4, -0.2) is 25.0 Å². The first kappa shape index (κ1) is 25.4. The Morgan fingerprint density at radius 3 is 2.16 bits per heavy atom. The molecule has 1 N–H and O–H groups in total. The van der Waals surface area contributed by atoms with Crippen molar-refractivity contribution in [3.63, 3.8) is 0 Å². The van der Waals surface area contributed by atoms with E-state index in [0.717, 1.165) is 12.1 Å². The lowest BCUT2D eigenvalue weighted by atomic mass is 10.1. The number of benzene rings is 2. The summed E-state index contributed by atoms with van der Waals surface area (Å²) in [7, 11) is -4.68. The third kappa shape index (κ3) is 7.37. The zero-order valence-corrected chi connectivity index (χ0v) is 18.0. The lowest BCUT2D eigenvalue weighted by Gasteiger charge is -2.21. The minimum Gasteiger partial charge on any atom is -0.454 e. The van der Waals surface area contributed by atoms with Crippen LogP contribution in [0.5, 0.6) is 0 Å². The molecule has 2 aromatic rings. The Hall–Kier alpha value is -1.82. The van der Waals surface area contributed by atoms with E-state index in [4.69, 9.17) is 39.5 Å². The Morgan fingerprint density at radius 1 is 1.06 bits per heavy atom. The Morgan fingerprint density at radius 2 is 1.65 bits per heavy atom. The van der Waals surface area contributed by atoms with Crippen LogP contribution in [0.4, 0.5) is 27.6 Å². The third-order valence-corrected chi connectivity index (χ3v) is 5.48. The molecule has 0 amide bonds. The van der Waals surface area contributed by atoms with Gasteiger partial charge in [0, 0.05) is 11.1 Å². The van der Waals surface area contributed by atoms with Gasteiger partial charge in [-0.1, -0.05) is 34.8 Å². The first-order valence-corrected chi connectivity index (χ1v) is 10.9. The SMILES string of the molecule is O=C(OC(CS(=O)(=O)Nc1ccc(Cl)cc1C(F)(F)F)c1cc(F)cc(F)c1)C(Cl)Cl. The van der Waals surface area contributed by atoms with Gasteiger partial charge in [0.2, 0.25) is 14.9 Å². The topological polar surface area (TPSA) is 72.5 Å². The number of carbonyl (C=O) groups excluding carboxylic acids is 1. The van der Waals surface area contributed by atoms with Gasteiger partial charge in [-0.15, -0.1) is 0 Å². The van der Waals surface area contributed by atoms with Crippen molar-refractivity contribution >= 4 is 56.5 Å². The zero-order chi connectivity index (χ0) is 23.6. The summed E-state index contributed by atoms with van der Waals surface area (Å²) in [5, 5.41) is -0.299. The second-order valence-corrected chi connectivity index (χ2v) is 9.30. The van der Waals surface area contributed by atoms with Crippen molar-refractivity contribution in [3.8, 4) is 0 Å². The fourth-order valence-electron chi connectivity index (χ4n) is 2.40. The number of anilines is 1. The molecule has 1 unspecified atom stereocenters. The lowest BCUT2D eigenvalue weighted by molar-refractivity contribution is -0.146. The Bertz CT molecular complexity index is 1060. The summed E-state index contributed by atoms with van der Waals surface area (Å²) in [4.78, 5) is 9.95. The predicted molar refractivity (Wildman–Crippen MR) is 105 cm³/mol. The first-order chi connectivity index (χ1) is 14.2. The molecule has 0 aliphatic heterocycles. The van der Waals surface area contributed by atoms with E-state index in [0.29, 0.717) is 24.3 Å². The summed E-state index contributed by atoms with van der Waals surface area (Å²) in [6, 6.07) is 4.13. The number of sulfonamides is 1. The minimum absolute atomic E-state index is 0.299. The number of alkyl halides is 5. The molecule has 2 aromatic carbocycles. The van der Waals surface area contributed by atoms with Crippen molar-refractivity contribution in [3.05, 3.63) is 64.2 Å². The quantitative estimate of drug-likeness (QED) is 0.295. The van der Waals surface area contributed by atoms with Crippen molar-refractivity contribution < 1.29 is 39.9 Å². The maximum Gasteiger partial charge on any atom is 0.418 e. The van der Waals surface area contributed by atoms with Gasteiger partial charge in [0.15, 0.2) is 0 Å².